The van der Waals surface area contributed by atoms with Gasteiger partial charge in [0, 0.05) is 6.92 Å². The predicted molar refractivity (Wildman–Crippen MR) is 109 cm³/mol. The summed E-state index contributed by atoms with van der Waals surface area (Å²) < 4.78 is 5.14. The Morgan fingerprint density at radius 3 is 2.21 bits per heavy atom. The molecule has 0 bridgehead atoms. The summed E-state index contributed by atoms with van der Waals surface area (Å²) in [7, 11) is 0. The number of anilines is 1. The van der Waals surface area contributed by atoms with E-state index in [0.717, 1.165) is 16.7 Å². The number of carboxylic acids is 1. The van der Waals surface area contributed by atoms with Gasteiger partial charge in [-0.2, -0.15) is 0 Å². The maximum Gasteiger partial charge on any atom is 0.337 e. The maximum atomic E-state index is 12.9. The molecule has 2 N–H and O–H groups in total. The van der Waals surface area contributed by atoms with Crippen LogP contribution in [-0.2, 0) is 4.79 Å². The second-order valence-electron chi connectivity index (χ2n) is 6.48. The lowest BCUT2D eigenvalue weighted by Crippen LogP contribution is -2.17. The highest BCUT2D eigenvalue weighted by Crippen LogP contribution is 2.28. The van der Waals surface area contributed by atoms with Crippen molar-refractivity contribution in [1.29, 1.82) is 0 Å². The molecule has 0 spiro atoms. The number of aromatic carboxylic acids is 1. The van der Waals surface area contributed by atoms with E-state index >= 15 is 0 Å². The number of esters is 1. The summed E-state index contributed by atoms with van der Waals surface area (Å²) in [4.78, 5) is 35.8. The van der Waals surface area contributed by atoms with Gasteiger partial charge in [0.15, 0.2) is 0 Å². The van der Waals surface area contributed by atoms with Gasteiger partial charge in [0.1, 0.15) is 5.75 Å². The van der Waals surface area contributed by atoms with Crippen molar-refractivity contribution in [3.05, 3.63) is 83.4 Å². The highest BCUT2D eigenvalue weighted by atomic mass is 16.5. The lowest BCUT2D eigenvalue weighted by atomic mass is 10.0. The van der Waals surface area contributed by atoms with Crippen LogP contribution in [0.15, 0.2) is 66.7 Å². The Balaban J connectivity index is 2.00. The van der Waals surface area contributed by atoms with Gasteiger partial charge < -0.3 is 15.2 Å². The van der Waals surface area contributed by atoms with Gasteiger partial charge in [-0.15, -0.1) is 0 Å². The number of carbonyl (C=O) groups excluding carboxylic acids is 2. The van der Waals surface area contributed by atoms with Crippen LogP contribution >= 0.6 is 0 Å². The first-order chi connectivity index (χ1) is 13.8. The van der Waals surface area contributed by atoms with Crippen molar-refractivity contribution >= 4 is 23.5 Å². The zero-order valence-corrected chi connectivity index (χ0v) is 15.9. The molecule has 0 saturated carbocycles. The number of rotatable bonds is 5. The minimum absolute atomic E-state index is 0.0424. The van der Waals surface area contributed by atoms with Gasteiger partial charge in [-0.05, 0) is 47.9 Å². The van der Waals surface area contributed by atoms with Gasteiger partial charge >= 0.3 is 11.9 Å². The molecule has 0 heterocycles. The third-order valence-electron chi connectivity index (χ3n) is 4.24. The van der Waals surface area contributed by atoms with Gasteiger partial charge in [-0.1, -0.05) is 42.5 Å². The SMILES string of the molecule is CC(=O)Oc1cc(C)ccc1C(=O)Nc1cc(-c2ccccc2)ccc1C(=O)O. The first-order valence-corrected chi connectivity index (χ1v) is 8.88. The Kier molecular flexibility index (Phi) is 5.74. The van der Waals surface area contributed by atoms with E-state index in [1.54, 1.807) is 31.2 Å². The third kappa shape index (κ3) is 4.68. The molecule has 0 atom stereocenters. The molecule has 0 aliphatic carbocycles. The molecule has 0 saturated heterocycles. The van der Waals surface area contributed by atoms with Crippen LogP contribution in [-0.4, -0.2) is 23.0 Å². The molecule has 0 aliphatic heterocycles. The van der Waals surface area contributed by atoms with Gasteiger partial charge in [-0.3, -0.25) is 9.59 Å². The number of amides is 1. The molecule has 0 aromatic heterocycles. The second kappa shape index (κ2) is 8.39. The van der Waals surface area contributed by atoms with E-state index in [2.05, 4.69) is 5.32 Å². The Hall–Kier alpha value is -3.93. The number of benzene rings is 3. The largest absolute Gasteiger partial charge is 0.478 e. The van der Waals surface area contributed by atoms with Gasteiger partial charge in [0.05, 0.1) is 16.8 Å². The van der Waals surface area contributed by atoms with Crippen LogP contribution in [0.4, 0.5) is 5.69 Å². The fraction of sp³-hybridized carbons (Fsp3) is 0.0870. The van der Waals surface area contributed by atoms with Gasteiger partial charge in [0.25, 0.3) is 5.91 Å². The van der Waals surface area contributed by atoms with Crippen molar-refractivity contribution in [1.82, 2.24) is 0 Å². The van der Waals surface area contributed by atoms with Crippen LogP contribution in [0, 0.1) is 6.92 Å². The number of ether oxygens (including phenoxy) is 1. The summed E-state index contributed by atoms with van der Waals surface area (Å²) in [6.07, 6.45) is 0. The summed E-state index contributed by atoms with van der Waals surface area (Å²) in [6, 6.07) is 19.0. The molecule has 3 rings (SSSR count). The maximum absolute atomic E-state index is 12.9. The molecular weight excluding hydrogens is 370 g/mol. The van der Waals surface area contributed by atoms with E-state index in [0.29, 0.717) is 0 Å². The number of carboxylic acid groups (broad SMARTS) is 1. The summed E-state index contributed by atoms with van der Waals surface area (Å²) in [5, 5.41) is 12.1. The van der Waals surface area contributed by atoms with Crippen molar-refractivity contribution in [2.75, 3.05) is 5.32 Å². The molecule has 0 aliphatic rings. The predicted octanol–water partition coefficient (Wildman–Crippen LogP) is 4.54. The molecule has 0 radical (unpaired) electrons. The van der Waals surface area contributed by atoms with Crippen molar-refractivity contribution in [2.24, 2.45) is 0 Å². The Morgan fingerprint density at radius 2 is 1.55 bits per heavy atom. The minimum atomic E-state index is -1.16. The lowest BCUT2D eigenvalue weighted by molar-refractivity contribution is -0.131. The Morgan fingerprint density at radius 1 is 0.862 bits per heavy atom. The monoisotopic (exact) mass is 389 g/mol. The first kappa shape index (κ1) is 19.8. The molecular formula is C23H19NO5. The van der Waals surface area contributed by atoms with Gasteiger partial charge in [0.2, 0.25) is 0 Å². The van der Waals surface area contributed by atoms with Crippen molar-refractivity contribution in [3.63, 3.8) is 0 Å². The zero-order valence-electron chi connectivity index (χ0n) is 15.9. The highest BCUT2D eigenvalue weighted by molar-refractivity contribution is 6.09. The second-order valence-corrected chi connectivity index (χ2v) is 6.48. The van der Waals surface area contributed by atoms with E-state index in [9.17, 15) is 19.5 Å². The number of carbonyl (C=O) groups is 3. The Bertz CT molecular complexity index is 1090. The number of hydrogen-bond acceptors (Lipinski definition) is 4. The van der Waals surface area contributed by atoms with E-state index in [1.165, 1.54) is 19.1 Å². The molecule has 3 aromatic rings. The Labute approximate surface area is 167 Å². The molecule has 6 nitrogen and oxygen atoms in total. The zero-order chi connectivity index (χ0) is 21.0. The minimum Gasteiger partial charge on any atom is -0.478 e. The quantitative estimate of drug-likeness (QED) is 0.494. The average Bonchev–Trinajstić information content (AvgIpc) is 2.68. The molecule has 6 heteroatoms. The summed E-state index contributed by atoms with van der Waals surface area (Å²) in [5.74, 6) is -2.17. The van der Waals surface area contributed by atoms with Crippen LogP contribution < -0.4 is 10.1 Å². The van der Waals surface area contributed by atoms with Crippen molar-refractivity contribution in [2.45, 2.75) is 13.8 Å². The average molecular weight is 389 g/mol. The van der Waals surface area contributed by atoms with Crippen LogP contribution in [0.2, 0.25) is 0 Å². The fourth-order valence-electron chi connectivity index (χ4n) is 2.89. The lowest BCUT2D eigenvalue weighted by Gasteiger charge is -2.13. The summed E-state index contributed by atoms with van der Waals surface area (Å²) in [6.45, 7) is 3.05. The van der Waals surface area contributed by atoms with Crippen LogP contribution in [0.5, 0.6) is 5.75 Å². The van der Waals surface area contributed by atoms with Crippen LogP contribution in [0.25, 0.3) is 11.1 Å². The standard InChI is InChI=1S/C23H19NO5/c1-14-8-10-19(21(12-14)29-15(2)25)22(26)24-20-13-17(9-11-18(20)23(27)28)16-6-4-3-5-7-16/h3-13H,1-2H3,(H,24,26)(H,27,28). The molecule has 3 aromatic carbocycles. The van der Waals surface area contributed by atoms with Crippen molar-refractivity contribution in [3.8, 4) is 16.9 Å². The third-order valence-corrected chi connectivity index (χ3v) is 4.24. The highest BCUT2D eigenvalue weighted by Gasteiger charge is 2.18. The number of nitrogens with one attached hydrogen (secondary N) is 1. The molecule has 29 heavy (non-hydrogen) atoms. The summed E-state index contributed by atoms with van der Waals surface area (Å²) >= 11 is 0. The van der Waals surface area contributed by atoms with E-state index in [4.69, 9.17) is 4.74 Å². The number of aryl methyl sites for hydroxylation is 1. The smallest absolute Gasteiger partial charge is 0.337 e. The van der Waals surface area contributed by atoms with Crippen molar-refractivity contribution < 1.29 is 24.2 Å². The molecule has 146 valence electrons. The molecule has 0 fully saturated rings. The topological polar surface area (TPSA) is 92.7 Å². The normalized spacial score (nSPS) is 10.3. The molecule has 1 amide bonds. The first-order valence-electron chi connectivity index (χ1n) is 8.88. The van der Waals surface area contributed by atoms with E-state index in [-0.39, 0.29) is 22.6 Å². The number of hydrogen-bond donors (Lipinski definition) is 2. The summed E-state index contributed by atoms with van der Waals surface area (Å²) in [5.41, 5.74) is 2.70. The van der Waals surface area contributed by atoms with Crippen LogP contribution in [0.3, 0.4) is 0 Å². The molecule has 0 unspecified atom stereocenters. The van der Waals surface area contributed by atoms with Gasteiger partial charge in [-0.25, -0.2) is 4.79 Å². The van der Waals surface area contributed by atoms with E-state index in [1.807, 2.05) is 30.3 Å². The fourth-order valence-corrected chi connectivity index (χ4v) is 2.89. The van der Waals surface area contributed by atoms with E-state index < -0.39 is 17.8 Å². The van der Waals surface area contributed by atoms with Crippen LogP contribution in [0.1, 0.15) is 33.2 Å².